The quantitative estimate of drug-likeness (QED) is 0.730. The molecule has 0 fully saturated rings. The van der Waals surface area contributed by atoms with Crippen molar-refractivity contribution in [1.29, 1.82) is 0 Å². The Bertz CT molecular complexity index is 218. The molecule has 3 nitrogen and oxygen atoms in total. The van der Waals surface area contributed by atoms with Gasteiger partial charge in [-0.15, -0.1) is 0 Å². The number of halogens is 3. The van der Waals surface area contributed by atoms with Crippen LogP contribution in [-0.2, 0) is 4.79 Å². The van der Waals surface area contributed by atoms with Crippen LogP contribution in [0.2, 0.25) is 0 Å². The van der Waals surface area contributed by atoms with Crippen LogP contribution in [0.4, 0.5) is 13.2 Å². The molecule has 0 aliphatic heterocycles. The van der Waals surface area contributed by atoms with E-state index in [0.29, 0.717) is 0 Å². The summed E-state index contributed by atoms with van der Waals surface area (Å²) in [5, 5.41) is 8.56. The lowest BCUT2D eigenvalue weighted by Gasteiger charge is -2.26. The van der Waals surface area contributed by atoms with Crippen molar-refractivity contribution in [3.05, 3.63) is 0 Å². The minimum Gasteiger partial charge on any atom is -0.481 e. The highest BCUT2D eigenvalue weighted by atomic mass is 19.4. The third kappa shape index (κ3) is 7.18. The minimum absolute atomic E-state index is 0.0789. The van der Waals surface area contributed by atoms with Crippen molar-refractivity contribution in [2.45, 2.75) is 38.8 Å². The lowest BCUT2D eigenvalue weighted by atomic mass is 9.82. The van der Waals surface area contributed by atoms with E-state index in [0.717, 1.165) is 0 Å². The summed E-state index contributed by atoms with van der Waals surface area (Å²) in [6, 6.07) is 0. The third-order valence-electron chi connectivity index (χ3n) is 2.31. The van der Waals surface area contributed by atoms with Crippen LogP contribution >= 0.6 is 0 Å². The maximum absolute atomic E-state index is 11.8. The van der Waals surface area contributed by atoms with E-state index in [-0.39, 0.29) is 25.8 Å². The number of alkyl halides is 3. The van der Waals surface area contributed by atoms with Crippen molar-refractivity contribution in [3.63, 3.8) is 0 Å². The summed E-state index contributed by atoms with van der Waals surface area (Å²) >= 11 is 0. The Kier molecular flexibility index (Phi) is 5.07. The summed E-state index contributed by atoms with van der Waals surface area (Å²) in [6.07, 6.45) is -5.16. The number of hydrogen-bond donors (Lipinski definition) is 2. The predicted molar refractivity (Wildman–Crippen MR) is 49.3 cm³/mol. The first kappa shape index (κ1) is 14.2. The second-order valence-corrected chi connectivity index (χ2v) is 4.05. The van der Waals surface area contributed by atoms with Gasteiger partial charge in [0.15, 0.2) is 0 Å². The smallest absolute Gasteiger partial charge is 0.389 e. The van der Waals surface area contributed by atoms with E-state index in [9.17, 15) is 18.0 Å². The second kappa shape index (κ2) is 5.34. The van der Waals surface area contributed by atoms with Crippen LogP contribution in [0.5, 0.6) is 0 Å². The van der Waals surface area contributed by atoms with Gasteiger partial charge in [-0.1, -0.05) is 6.92 Å². The van der Waals surface area contributed by atoms with Gasteiger partial charge >= 0.3 is 12.1 Å². The van der Waals surface area contributed by atoms with Gasteiger partial charge in [0.25, 0.3) is 0 Å². The number of aliphatic carboxylic acids is 1. The average molecular weight is 227 g/mol. The average Bonchev–Trinajstić information content (AvgIpc) is 2.00. The van der Waals surface area contributed by atoms with Crippen molar-refractivity contribution < 1.29 is 23.1 Å². The van der Waals surface area contributed by atoms with E-state index in [1.54, 1.807) is 6.92 Å². The molecule has 0 aromatic rings. The Hall–Kier alpha value is -0.780. The van der Waals surface area contributed by atoms with E-state index in [1.165, 1.54) is 0 Å². The molecule has 0 radical (unpaired) electrons. The number of hydrogen-bond acceptors (Lipinski definition) is 2. The molecule has 0 aromatic heterocycles. The zero-order valence-electron chi connectivity index (χ0n) is 8.60. The molecule has 0 saturated carbocycles. The molecule has 90 valence electrons. The molecular formula is C9H16F3NO2. The number of nitrogens with two attached hydrogens (primary N) is 1. The van der Waals surface area contributed by atoms with Crippen LogP contribution in [0, 0.1) is 5.41 Å². The first-order chi connectivity index (χ1) is 6.68. The van der Waals surface area contributed by atoms with Gasteiger partial charge in [-0.2, -0.15) is 13.2 Å². The molecule has 0 bridgehead atoms. The van der Waals surface area contributed by atoms with Gasteiger partial charge < -0.3 is 10.8 Å². The highest BCUT2D eigenvalue weighted by Gasteiger charge is 2.30. The highest BCUT2D eigenvalue weighted by molar-refractivity contribution is 5.67. The molecule has 0 aromatic carbocycles. The van der Waals surface area contributed by atoms with Crippen LogP contribution in [0.25, 0.3) is 0 Å². The van der Waals surface area contributed by atoms with Gasteiger partial charge in [0, 0.05) is 6.42 Å². The number of carboxylic acids is 1. The topological polar surface area (TPSA) is 63.3 Å². The van der Waals surface area contributed by atoms with Crippen LogP contribution in [0.3, 0.4) is 0 Å². The van der Waals surface area contributed by atoms with E-state index in [2.05, 4.69) is 0 Å². The second-order valence-electron chi connectivity index (χ2n) is 4.05. The van der Waals surface area contributed by atoms with Crippen LogP contribution in [0.1, 0.15) is 32.6 Å². The summed E-state index contributed by atoms with van der Waals surface area (Å²) < 4.78 is 35.5. The summed E-state index contributed by atoms with van der Waals surface area (Å²) in [5.41, 5.74) is 4.62. The number of carboxylic acid groups (broad SMARTS) is 1. The van der Waals surface area contributed by atoms with Crippen LogP contribution in [-0.4, -0.2) is 23.8 Å². The third-order valence-corrected chi connectivity index (χ3v) is 2.31. The van der Waals surface area contributed by atoms with Crippen molar-refractivity contribution in [1.82, 2.24) is 0 Å². The van der Waals surface area contributed by atoms with Gasteiger partial charge in [0.1, 0.15) is 0 Å². The van der Waals surface area contributed by atoms with Crippen LogP contribution in [0.15, 0.2) is 0 Å². The molecule has 1 atom stereocenters. The van der Waals surface area contributed by atoms with Crippen molar-refractivity contribution in [2.75, 3.05) is 6.54 Å². The zero-order chi connectivity index (χ0) is 12.1. The monoisotopic (exact) mass is 227 g/mol. The fraction of sp³-hybridized carbons (Fsp3) is 0.889. The van der Waals surface area contributed by atoms with Gasteiger partial charge in [0.05, 0.1) is 6.42 Å². The molecule has 15 heavy (non-hydrogen) atoms. The maximum atomic E-state index is 11.8. The maximum Gasteiger partial charge on any atom is 0.389 e. The first-order valence-corrected chi connectivity index (χ1v) is 4.67. The number of rotatable bonds is 6. The molecule has 0 spiro atoms. The molecule has 0 saturated heterocycles. The Morgan fingerprint density at radius 2 is 1.87 bits per heavy atom. The van der Waals surface area contributed by atoms with Gasteiger partial charge in [-0.05, 0) is 24.8 Å². The van der Waals surface area contributed by atoms with Crippen molar-refractivity contribution in [2.24, 2.45) is 11.1 Å². The molecule has 0 amide bonds. The SMILES string of the molecule is CC(CN)(CCCC(F)(F)F)CC(=O)O. The first-order valence-electron chi connectivity index (χ1n) is 4.67. The minimum atomic E-state index is -4.18. The van der Waals surface area contributed by atoms with Gasteiger partial charge in [-0.3, -0.25) is 4.79 Å². The molecule has 0 rings (SSSR count). The molecule has 0 aliphatic carbocycles. The van der Waals surface area contributed by atoms with Crippen molar-refractivity contribution in [3.8, 4) is 0 Å². The molecule has 0 heterocycles. The normalized spacial score (nSPS) is 16.1. The van der Waals surface area contributed by atoms with Crippen LogP contribution < -0.4 is 5.73 Å². The molecule has 6 heteroatoms. The van der Waals surface area contributed by atoms with Crippen molar-refractivity contribution >= 4 is 5.97 Å². The Morgan fingerprint density at radius 1 is 1.33 bits per heavy atom. The Labute approximate surface area is 86.5 Å². The van der Waals surface area contributed by atoms with E-state index in [4.69, 9.17) is 10.8 Å². The Morgan fingerprint density at radius 3 is 2.20 bits per heavy atom. The lowest BCUT2D eigenvalue weighted by Crippen LogP contribution is -2.30. The fourth-order valence-corrected chi connectivity index (χ4v) is 1.34. The summed E-state index contributed by atoms with van der Waals surface area (Å²) in [6.45, 7) is 1.68. The van der Waals surface area contributed by atoms with Gasteiger partial charge in [0.2, 0.25) is 0 Å². The lowest BCUT2D eigenvalue weighted by molar-refractivity contribution is -0.140. The summed E-state index contributed by atoms with van der Waals surface area (Å²) in [7, 11) is 0. The molecular weight excluding hydrogens is 211 g/mol. The predicted octanol–water partition coefficient (Wildman–Crippen LogP) is 2.16. The molecule has 3 N–H and O–H groups in total. The van der Waals surface area contributed by atoms with Gasteiger partial charge in [-0.25, -0.2) is 0 Å². The largest absolute Gasteiger partial charge is 0.481 e. The Balaban J connectivity index is 4.04. The zero-order valence-corrected chi connectivity index (χ0v) is 8.60. The molecule has 0 aliphatic rings. The summed E-state index contributed by atoms with van der Waals surface area (Å²) in [4.78, 5) is 10.5. The fourth-order valence-electron chi connectivity index (χ4n) is 1.34. The highest BCUT2D eigenvalue weighted by Crippen LogP contribution is 2.30. The standard InChI is InChI=1S/C9H16F3NO2/c1-8(6-13,5-7(14)15)3-2-4-9(10,11)12/h2-6,13H2,1H3,(H,14,15). The van der Waals surface area contributed by atoms with E-state index < -0.39 is 24.0 Å². The molecule has 1 unspecified atom stereocenters. The number of carbonyl (C=O) groups is 1. The van der Waals surface area contributed by atoms with E-state index >= 15 is 0 Å². The van der Waals surface area contributed by atoms with E-state index in [1.807, 2.05) is 0 Å². The summed E-state index contributed by atoms with van der Waals surface area (Å²) in [5.74, 6) is -1.03.